The molecule has 0 bridgehead atoms. The Hall–Kier alpha value is -2.10. The van der Waals surface area contributed by atoms with Crippen molar-refractivity contribution in [1.29, 1.82) is 0 Å². The number of hydrogen-bond donors (Lipinski definition) is 1. The molecule has 0 spiro atoms. The molecule has 0 saturated heterocycles. The molecule has 4 nitrogen and oxygen atoms in total. The summed E-state index contributed by atoms with van der Waals surface area (Å²) in [5.41, 5.74) is 0.744. The number of rotatable bonds is 2. The van der Waals surface area contributed by atoms with Crippen molar-refractivity contribution in [2.24, 2.45) is 4.99 Å². The standard InChI is InChI=1S/C11H10N2O2/c14-11(10-8-12-6-7-15-10)13-9-4-2-1-3-5-9/h1-8,10H,(H,13,14). The molecule has 76 valence electrons. The predicted octanol–water partition coefficient (Wildman–Crippen LogP) is 1.57. The lowest BCUT2D eigenvalue weighted by Gasteiger charge is -2.13. The van der Waals surface area contributed by atoms with Gasteiger partial charge in [-0.15, -0.1) is 0 Å². The Kier molecular flexibility index (Phi) is 2.78. The van der Waals surface area contributed by atoms with E-state index in [-0.39, 0.29) is 5.91 Å². The molecule has 1 aromatic carbocycles. The van der Waals surface area contributed by atoms with Gasteiger partial charge in [-0.3, -0.25) is 9.79 Å². The number of ether oxygens (including phenoxy) is 1. The van der Waals surface area contributed by atoms with Crippen molar-refractivity contribution >= 4 is 17.8 Å². The summed E-state index contributed by atoms with van der Waals surface area (Å²) in [7, 11) is 0. The fraction of sp³-hybridized carbons (Fsp3) is 0.0909. The molecule has 0 fully saturated rings. The minimum atomic E-state index is -0.643. The van der Waals surface area contributed by atoms with Gasteiger partial charge in [0.1, 0.15) is 6.26 Å². The minimum Gasteiger partial charge on any atom is -0.481 e. The van der Waals surface area contributed by atoms with Gasteiger partial charge in [-0.25, -0.2) is 0 Å². The van der Waals surface area contributed by atoms with Crippen LogP contribution in [0.3, 0.4) is 0 Å². The van der Waals surface area contributed by atoms with Crippen molar-refractivity contribution in [1.82, 2.24) is 0 Å². The number of amides is 1. The third kappa shape index (κ3) is 2.43. The first-order valence-corrected chi connectivity index (χ1v) is 4.56. The van der Waals surface area contributed by atoms with E-state index in [1.54, 1.807) is 0 Å². The Bertz CT molecular complexity index is 398. The second-order valence-electron chi connectivity index (χ2n) is 3.00. The highest BCUT2D eigenvalue weighted by Crippen LogP contribution is 2.07. The van der Waals surface area contributed by atoms with E-state index in [4.69, 9.17) is 4.74 Å². The summed E-state index contributed by atoms with van der Waals surface area (Å²) in [6.45, 7) is 0. The van der Waals surface area contributed by atoms with Crippen LogP contribution in [0.15, 0.2) is 47.8 Å². The van der Waals surface area contributed by atoms with Gasteiger partial charge in [0.15, 0.2) is 0 Å². The van der Waals surface area contributed by atoms with E-state index in [2.05, 4.69) is 10.3 Å². The van der Waals surface area contributed by atoms with Crippen LogP contribution < -0.4 is 5.32 Å². The average molecular weight is 202 g/mol. The van der Waals surface area contributed by atoms with Gasteiger partial charge in [0, 0.05) is 5.69 Å². The normalized spacial score (nSPS) is 18.3. The predicted molar refractivity (Wildman–Crippen MR) is 57.6 cm³/mol. The third-order valence-corrected chi connectivity index (χ3v) is 1.89. The molecule has 0 radical (unpaired) electrons. The summed E-state index contributed by atoms with van der Waals surface area (Å²) in [5.74, 6) is -0.227. The van der Waals surface area contributed by atoms with E-state index in [1.807, 2.05) is 30.3 Å². The van der Waals surface area contributed by atoms with Gasteiger partial charge in [-0.1, -0.05) is 18.2 Å². The lowest BCUT2D eigenvalue weighted by atomic mass is 10.3. The summed E-state index contributed by atoms with van der Waals surface area (Å²) in [4.78, 5) is 15.4. The smallest absolute Gasteiger partial charge is 0.271 e. The summed E-state index contributed by atoms with van der Waals surface area (Å²) in [6.07, 6.45) is 3.70. The molecule has 1 unspecified atom stereocenters. The molecule has 15 heavy (non-hydrogen) atoms. The number of aliphatic imine (C=N–C) groups is 1. The summed E-state index contributed by atoms with van der Waals surface area (Å²) in [6, 6.07) is 9.22. The Morgan fingerprint density at radius 3 is 2.80 bits per heavy atom. The first kappa shape index (κ1) is 9.45. The zero-order valence-corrected chi connectivity index (χ0v) is 7.96. The molecule has 2 rings (SSSR count). The van der Waals surface area contributed by atoms with Crippen LogP contribution in [0.25, 0.3) is 0 Å². The molecule has 0 aromatic heterocycles. The van der Waals surface area contributed by atoms with Crippen LogP contribution in [-0.4, -0.2) is 18.2 Å². The number of para-hydroxylation sites is 1. The number of carbonyl (C=O) groups excluding carboxylic acids is 1. The van der Waals surface area contributed by atoms with Crippen molar-refractivity contribution in [2.75, 3.05) is 5.32 Å². The fourth-order valence-corrected chi connectivity index (χ4v) is 1.18. The van der Waals surface area contributed by atoms with Crippen molar-refractivity contribution in [3.63, 3.8) is 0 Å². The van der Waals surface area contributed by atoms with Crippen molar-refractivity contribution in [2.45, 2.75) is 6.10 Å². The second-order valence-corrected chi connectivity index (χ2v) is 3.00. The molecule has 1 amide bonds. The minimum absolute atomic E-state index is 0.227. The number of hydrogen-bond acceptors (Lipinski definition) is 3. The van der Waals surface area contributed by atoms with Crippen LogP contribution >= 0.6 is 0 Å². The molecular weight excluding hydrogens is 192 g/mol. The quantitative estimate of drug-likeness (QED) is 0.791. The molecular formula is C11H10N2O2. The highest BCUT2D eigenvalue weighted by molar-refractivity contribution is 6.04. The first-order valence-electron chi connectivity index (χ1n) is 4.56. The van der Waals surface area contributed by atoms with E-state index in [1.165, 1.54) is 18.7 Å². The van der Waals surface area contributed by atoms with E-state index in [0.717, 1.165) is 5.69 Å². The maximum atomic E-state index is 11.6. The van der Waals surface area contributed by atoms with Crippen LogP contribution in [0, 0.1) is 0 Å². The molecule has 1 aliphatic rings. The molecule has 0 aliphatic carbocycles. The van der Waals surface area contributed by atoms with Crippen molar-refractivity contribution < 1.29 is 9.53 Å². The third-order valence-electron chi connectivity index (χ3n) is 1.89. The Morgan fingerprint density at radius 1 is 1.33 bits per heavy atom. The Morgan fingerprint density at radius 2 is 2.13 bits per heavy atom. The zero-order chi connectivity index (χ0) is 10.5. The first-order chi connectivity index (χ1) is 7.36. The van der Waals surface area contributed by atoms with Gasteiger partial charge < -0.3 is 10.1 Å². The van der Waals surface area contributed by atoms with E-state index in [0.29, 0.717) is 0 Å². The van der Waals surface area contributed by atoms with Crippen molar-refractivity contribution in [3.8, 4) is 0 Å². The van der Waals surface area contributed by atoms with E-state index in [9.17, 15) is 4.79 Å². The maximum absolute atomic E-state index is 11.6. The summed E-state index contributed by atoms with van der Waals surface area (Å²) >= 11 is 0. The number of benzene rings is 1. The van der Waals surface area contributed by atoms with Crippen LogP contribution in [0.1, 0.15) is 0 Å². The lowest BCUT2D eigenvalue weighted by Crippen LogP contribution is -2.31. The number of nitrogens with one attached hydrogen (secondary N) is 1. The topological polar surface area (TPSA) is 50.7 Å². The second kappa shape index (κ2) is 4.41. The number of nitrogens with zero attached hydrogens (tertiary/aromatic N) is 1. The van der Waals surface area contributed by atoms with Gasteiger partial charge in [0.05, 0.1) is 12.4 Å². The van der Waals surface area contributed by atoms with Crippen LogP contribution in [0.5, 0.6) is 0 Å². The Labute approximate surface area is 87.3 Å². The molecule has 4 heteroatoms. The SMILES string of the molecule is O=C(Nc1ccccc1)C1C=NC=CO1. The van der Waals surface area contributed by atoms with Gasteiger partial charge in [-0.05, 0) is 12.1 Å². The van der Waals surface area contributed by atoms with Crippen molar-refractivity contribution in [3.05, 3.63) is 42.8 Å². The van der Waals surface area contributed by atoms with E-state index >= 15 is 0 Å². The molecule has 1 heterocycles. The van der Waals surface area contributed by atoms with Gasteiger partial charge >= 0.3 is 0 Å². The molecule has 1 N–H and O–H groups in total. The zero-order valence-electron chi connectivity index (χ0n) is 7.96. The maximum Gasteiger partial charge on any atom is 0.271 e. The number of carbonyl (C=O) groups is 1. The highest BCUT2D eigenvalue weighted by atomic mass is 16.5. The van der Waals surface area contributed by atoms with Crippen LogP contribution in [0.2, 0.25) is 0 Å². The highest BCUT2D eigenvalue weighted by Gasteiger charge is 2.17. The lowest BCUT2D eigenvalue weighted by molar-refractivity contribution is -0.121. The van der Waals surface area contributed by atoms with Gasteiger partial charge in [0.25, 0.3) is 5.91 Å². The summed E-state index contributed by atoms with van der Waals surface area (Å²) in [5, 5.41) is 2.72. The molecule has 1 aliphatic heterocycles. The molecule has 0 saturated carbocycles. The van der Waals surface area contributed by atoms with Gasteiger partial charge in [-0.2, -0.15) is 0 Å². The monoisotopic (exact) mass is 202 g/mol. The van der Waals surface area contributed by atoms with Crippen LogP contribution in [0.4, 0.5) is 5.69 Å². The van der Waals surface area contributed by atoms with Gasteiger partial charge in [0.2, 0.25) is 6.10 Å². The van der Waals surface area contributed by atoms with Crippen LogP contribution in [-0.2, 0) is 9.53 Å². The Balaban J connectivity index is 1.98. The fourth-order valence-electron chi connectivity index (χ4n) is 1.18. The molecule has 1 aromatic rings. The summed E-state index contributed by atoms with van der Waals surface area (Å²) < 4.78 is 5.07. The number of anilines is 1. The molecule has 1 atom stereocenters. The van der Waals surface area contributed by atoms with E-state index < -0.39 is 6.10 Å². The largest absolute Gasteiger partial charge is 0.481 e. The average Bonchev–Trinajstić information content (AvgIpc) is 2.31.